The lowest BCUT2D eigenvalue weighted by atomic mass is 10.1. The van der Waals surface area contributed by atoms with Gasteiger partial charge in [-0.15, -0.1) is 0 Å². The molecule has 3 rings (SSSR count). The topological polar surface area (TPSA) is 78.6 Å². The molecule has 0 aromatic heterocycles. The van der Waals surface area contributed by atoms with E-state index >= 15 is 0 Å². The maximum absolute atomic E-state index is 13.0. The second-order valence-corrected chi connectivity index (χ2v) is 8.14. The van der Waals surface area contributed by atoms with Crippen LogP contribution in [0.3, 0.4) is 0 Å². The Bertz CT molecular complexity index is 805. The third kappa shape index (κ3) is 2.70. The van der Waals surface area contributed by atoms with Crippen molar-refractivity contribution in [1.29, 1.82) is 0 Å². The second kappa shape index (κ2) is 6.20. The molecule has 1 aliphatic rings. The van der Waals surface area contributed by atoms with Crippen LogP contribution in [0.5, 0.6) is 5.75 Å². The summed E-state index contributed by atoms with van der Waals surface area (Å²) in [5.74, 6) is 0.407. The van der Waals surface area contributed by atoms with Gasteiger partial charge in [-0.3, -0.25) is 0 Å². The van der Waals surface area contributed by atoms with Gasteiger partial charge in [0.15, 0.2) is 9.84 Å². The van der Waals surface area contributed by atoms with Gasteiger partial charge in [-0.1, -0.05) is 30.3 Å². The van der Waals surface area contributed by atoms with Crippen molar-refractivity contribution in [3.8, 4) is 5.75 Å². The Morgan fingerprint density at radius 3 is 2.21 bits per heavy atom. The van der Waals surface area contributed by atoms with E-state index in [1.165, 1.54) is 7.11 Å². The molecule has 0 amide bonds. The van der Waals surface area contributed by atoms with E-state index in [-0.39, 0.29) is 17.4 Å². The predicted molar refractivity (Wildman–Crippen MR) is 91.9 cm³/mol. The van der Waals surface area contributed by atoms with Gasteiger partial charge in [0.25, 0.3) is 0 Å². The molecule has 128 valence electrons. The maximum Gasteiger partial charge on any atom is 0.183 e. The number of rotatable bonds is 6. The van der Waals surface area contributed by atoms with Crippen LogP contribution in [0.2, 0.25) is 0 Å². The van der Waals surface area contributed by atoms with Crippen LogP contribution >= 0.6 is 0 Å². The van der Waals surface area contributed by atoms with Gasteiger partial charge in [-0.05, 0) is 29.8 Å². The Kier molecular flexibility index (Phi) is 4.38. The van der Waals surface area contributed by atoms with E-state index in [1.54, 1.807) is 37.4 Å². The van der Waals surface area contributed by atoms with Gasteiger partial charge in [-0.25, -0.2) is 8.42 Å². The number of nitrogens with two attached hydrogens (primary N) is 1. The van der Waals surface area contributed by atoms with E-state index < -0.39 is 20.6 Å². The van der Waals surface area contributed by atoms with Crippen molar-refractivity contribution < 1.29 is 17.9 Å². The average molecular weight is 347 g/mol. The molecule has 1 aliphatic carbocycles. The first-order chi connectivity index (χ1) is 11.4. The molecule has 0 aliphatic heterocycles. The summed E-state index contributed by atoms with van der Waals surface area (Å²) >= 11 is 0. The highest BCUT2D eigenvalue weighted by Crippen LogP contribution is 2.55. The van der Waals surface area contributed by atoms with Gasteiger partial charge < -0.3 is 15.2 Å². The zero-order chi connectivity index (χ0) is 17.4. The lowest BCUT2D eigenvalue weighted by Gasteiger charge is -2.11. The Labute approximate surface area is 142 Å². The van der Waals surface area contributed by atoms with E-state index in [1.807, 2.05) is 24.3 Å². The van der Waals surface area contributed by atoms with Crippen molar-refractivity contribution in [3.63, 3.8) is 0 Å². The maximum atomic E-state index is 13.0. The summed E-state index contributed by atoms with van der Waals surface area (Å²) < 4.78 is 36.4. The Morgan fingerprint density at radius 1 is 1.04 bits per heavy atom. The van der Waals surface area contributed by atoms with Crippen LogP contribution < -0.4 is 10.5 Å². The first-order valence-electron chi connectivity index (χ1n) is 7.66. The summed E-state index contributed by atoms with van der Waals surface area (Å²) in [5.41, 5.74) is 6.38. The van der Waals surface area contributed by atoms with Crippen LogP contribution in [0.15, 0.2) is 59.5 Å². The number of methoxy groups -OCH3 is 2. The first-order valence-corrected chi connectivity index (χ1v) is 9.20. The van der Waals surface area contributed by atoms with Crippen LogP contribution in [0.25, 0.3) is 0 Å². The number of ether oxygens (including phenoxy) is 2. The summed E-state index contributed by atoms with van der Waals surface area (Å²) in [6.07, 6.45) is 0. The van der Waals surface area contributed by atoms with Crippen molar-refractivity contribution in [2.75, 3.05) is 20.8 Å². The van der Waals surface area contributed by atoms with Crippen molar-refractivity contribution in [2.24, 2.45) is 5.73 Å². The Hall–Kier alpha value is -1.89. The molecule has 0 heterocycles. The van der Waals surface area contributed by atoms with E-state index in [4.69, 9.17) is 15.2 Å². The summed E-state index contributed by atoms with van der Waals surface area (Å²) in [5, 5.41) is -0.708. The molecule has 0 saturated heterocycles. The van der Waals surface area contributed by atoms with Gasteiger partial charge in [0.1, 0.15) is 5.75 Å². The molecule has 24 heavy (non-hydrogen) atoms. The minimum absolute atomic E-state index is 0.181. The molecule has 3 atom stereocenters. The van der Waals surface area contributed by atoms with Gasteiger partial charge in [-0.2, -0.15) is 0 Å². The third-order valence-electron chi connectivity index (χ3n) is 4.58. The highest BCUT2D eigenvalue weighted by molar-refractivity contribution is 7.92. The lowest BCUT2D eigenvalue weighted by Crippen LogP contribution is -2.35. The molecule has 2 aromatic rings. The molecule has 1 saturated carbocycles. The molecule has 6 heteroatoms. The first kappa shape index (κ1) is 17.0. The monoisotopic (exact) mass is 347 g/mol. The summed E-state index contributed by atoms with van der Waals surface area (Å²) in [6, 6.07) is 15.8. The number of sulfone groups is 1. The van der Waals surface area contributed by atoms with Gasteiger partial charge in [0.2, 0.25) is 0 Å². The second-order valence-electron chi connectivity index (χ2n) is 6.07. The van der Waals surface area contributed by atoms with Crippen LogP contribution in [0.1, 0.15) is 11.5 Å². The van der Waals surface area contributed by atoms with E-state index in [9.17, 15) is 8.42 Å². The number of hydrogen-bond donors (Lipinski definition) is 1. The van der Waals surface area contributed by atoms with E-state index in [0.29, 0.717) is 0 Å². The van der Waals surface area contributed by atoms with Crippen molar-refractivity contribution in [1.82, 2.24) is 0 Å². The summed E-state index contributed by atoms with van der Waals surface area (Å²) in [6.45, 7) is 0.181. The van der Waals surface area contributed by atoms with Crippen molar-refractivity contribution in [3.05, 3.63) is 60.2 Å². The molecule has 2 aromatic carbocycles. The van der Waals surface area contributed by atoms with Crippen LogP contribution in [-0.2, 0) is 14.6 Å². The zero-order valence-electron chi connectivity index (χ0n) is 13.7. The minimum Gasteiger partial charge on any atom is -0.497 e. The van der Waals surface area contributed by atoms with E-state index in [0.717, 1.165) is 11.3 Å². The van der Waals surface area contributed by atoms with Crippen LogP contribution in [0, 0.1) is 0 Å². The largest absolute Gasteiger partial charge is 0.497 e. The van der Waals surface area contributed by atoms with Crippen molar-refractivity contribution in [2.45, 2.75) is 21.6 Å². The summed E-state index contributed by atoms with van der Waals surface area (Å²) in [4.78, 5) is 0.289. The van der Waals surface area contributed by atoms with Crippen LogP contribution in [0.4, 0.5) is 0 Å². The smallest absolute Gasteiger partial charge is 0.183 e. The van der Waals surface area contributed by atoms with Gasteiger partial charge in [0, 0.05) is 13.0 Å². The fourth-order valence-corrected chi connectivity index (χ4v) is 5.68. The zero-order valence-corrected chi connectivity index (χ0v) is 14.5. The molecular formula is C18H21NO4S. The molecule has 5 nitrogen and oxygen atoms in total. The molecule has 0 spiro atoms. The molecule has 0 bridgehead atoms. The Balaban J connectivity index is 1.99. The van der Waals surface area contributed by atoms with Crippen molar-refractivity contribution >= 4 is 9.84 Å². The number of benzene rings is 2. The fraction of sp³-hybridized carbons (Fsp3) is 0.333. The minimum atomic E-state index is -3.54. The molecule has 0 unspecified atom stereocenters. The molecule has 0 radical (unpaired) electrons. The predicted octanol–water partition coefficient (Wildman–Crippen LogP) is 1.98. The molecule has 1 fully saturated rings. The molecular weight excluding hydrogens is 326 g/mol. The average Bonchev–Trinajstić information content (AvgIpc) is 3.22. The fourth-order valence-electron chi connectivity index (χ4n) is 3.37. The Morgan fingerprint density at radius 2 is 1.67 bits per heavy atom. The molecule has 2 N–H and O–H groups in total. The van der Waals surface area contributed by atoms with Gasteiger partial charge in [0.05, 0.1) is 29.4 Å². The van der Waals surface area contributed by atoms with Crippen LogP contribution in [-0.4, -0.2) is 40.0 Å². The lowest BCUT2D eigenvalue weighted by molar-refractivity contribution is 0.171. The normalized spacial score (nSPS) is 26.1. The highest BCUT2D eigenvalue weighted by atomic mass is 32.2. The van der Waals surface area contributed by atoms with Gasteiger partial charge >= 0.3 is 0 Å². The summed E-state index contributed by atoms with van der Waals surface area (Å²) in [7, 11) is -0.423. The standard InChI is InChI=1S/C18H21NO4S/c1-22-12-18(19)16(13-8-10-14(23-2)11-9-13)17(18)24(20,21)15-6-4-3-5-7-15/h3-11,16-17H,12,19H2,1-2H3/t16-,17+,18+/m1/s1. The van der Waals surface area contributed by atoms with E-state index in [2.05, 4.69) is 0 Å². The SMILES string of the molecule is COC[C@]1(N)[C@H](c2ccc(OC)cc2)[C@@H]1S(=O)(=O)c1ccccc1. The third-order valence-corrected chi connectivity index (χ3v) is 6.89. The number of hydrogen-bond acceptors (Lipinski definition) is 5. The quantitative estimate of drug-likeness (QED) is 0.864. The highest BCUT2D eigenvalue weighted by Gasteiger charge is 2.69.